The minimum Gasteiger partial charge on any atom is -0.496 e. The van der Waals surface area contributed by atoms with E-state index >= 15 is 0 Å². The van der Waals surface area contributed by atoms with Gasteiger partial charge in [0.25, 0.3) is 0 Å². The number of benzene rings is 1. The van der Waals surface area contributed by atoms with Gasteiger partial charge in [-0.25, -0.2) is 5.06 Å². The van der Waals surface area contributed by atoms with Crippen LogP contribution in [0.4, 0.5) is 0 Å². The van der Waals surface area contributed by atoms with Crippen LogP contribution in [0.3, 0.4) is 0 Å². The Morgan fingerprint density at radius 1 is 1.17 bits per heavy atom. The molecule has 2 fully saturated rings. The van der Waals surface area contributed by atoms with Gasteiger partial charge in [-0.15, -0.1) is 0 Å². The van der Waals surface area contributed by atoms with E-state index in [1.807, 2.05) is 6.92 Å². The van der Waals surface area contributed by atoms with E-state index in [2.05, 4.69) is 30.9 Å². The normalized spacial score (nSPS) is 21.6. The largest absolute Gasteiger partial charge is 0.496 e. The number of carbonyl (C=O) groups excluding carboxylic acids is 2. The second-order valence-electron chi connectivity index (χ2n) is 8.01. The molecule has 1 unspecified atom stereocenters. The van der Waals surface area contributed by atoms with Crippen LogP contribution in [-0.2, 0) is 25.7 Å². The molecular weight excluding hydrogens is 372 g/mol. The molecule has 2 saturated heterocycles. The molecule has 2 aliphatic heterocycles. The average molecular weight is 405 g/mol. The maximum atomic E-state index is 12.6. The van der Waals surface area contributed by atoms with Gasteiger partial charge in [-0.05, 0) is 56.4 Å². The smallest absolute Gasteiger partial charge is 0.311 e. The van der Waals surface area contributed by atoms with Gasteiger partial charge in [-0.1, -0.05) is 6.07 Å². The van der Waals surface area contributed by atoms with Crippen molar-refractivity contribution in [1.82, 2.24) is 9.96 Å². The Labute approximate surface area is 172 Å². The monoisotopic (exact) mass is 404 g/mol. The molecule has 0 aromatic heterocycles. The van der Waals surface area contributed by atoms with E-state index in [1.165, 1.54) is 23.3 Å². The van der Waals surface area contributed by atoms with Crippen LogP contribution in [0.15, 0.2) is 12.1 Å². The summed E-state index contributed by atoms with van der Waals surface area (Å²) in [5, 5.41) is 1.48. The highest BCUT2D eigenvalue weighted by Crippen LogP contribution is 2.44. The third-order valence-electron chi connectivity index (χ3n) is 6.37. The molecule has 1 aromatic rings. The van der Waals surface area contributed by atoms with Crippen molar-refractivity contribution in [2.45, 2.75) is 52.1 Å². The van der Waals surface area contributed by atoms with Crippen LogP contribution in [0.25, 0.3) is 0 Å². The standard InChI is InChI=1S/C22H32N2O5/c1-6-29-24-20(25)13-18(21(26)28-5)22(24)7-9-23(10-8-22)14-17-11-16(3)19(27-4)12-15(17)2/h11-12,18H,6-10,13-14H2,1-5H3. The molecule has 1 atom stereocenters. The first-order valence-corrected chi connectivity index (χ1v) is 10.3. The number of hydroxylamine groups is 2. The van der Waals surface area contributed by atoms with Crippen molar-refractivity contribution in [1.29, 1.82) is 0 Å². The van der Waals surface area contributed by atoms with Crippen LogP contribution >= 0.6 is 0 Å². The Balaban J connectivity index is 1.76. The van der Waals surface area contributed by atoms with Gasteiger partial charge >= 0.3 is 5.97 Å². The summed E-state index contributed by atoms with van der Waals surface area (Å²) in [6, 6.07) is 4.26. The lowest BCUT2D eigenvalue weighted by molar-refractivity contribution is -0.221. The first-order chi connectivity index (χ1) is 13.9. The summed E-state index contributed by atoms with van der Waals surface area (Å²) >= 11 is 0. The molecule has 0 saturated carbocycles. The molecule has 2 heterocycles. The Kier molecular flexibility index (Phi) is 6.49. The summed E-state index contributed by atoms with van der Waals surface area (Å²) in [7, 11) is 3.07. The molecule has 160 valence electrons. The highest BCUT2D eigenvalue weighted by molar-refractivity contribution is 5.88. The number of likely N-dealkylation sites (tertiary alicyclic amines) is 1. The molecule has 0 aliphatic carbocycles. The van der Waals surface area contributed by atoms with E-state index in [9.17, 15) is 9.59 Å². The first-order valence-electron chi connectivity index (χ1n) is 10.3. The fourth-order valence-corrected chi connectivity index (χ4v) is 4.74. The van der Waals surface area contributed by atoms with Gasteiger partial charge in [0, 0.05) is 26.1 Å². The van der Waals surface area contributed by atoms with Gasteiger partial charge in [0.1, 0.15) is 5.75 Å². The van der Waals surface area contributed by atoms with E-state index in [0.29, 0.717) is 19.4 Å². The maximum absolute atomic E-state index is 12.6. The van der Waals surface area contributed by atoms with Gasteiger partial charge in [0.2, 0.25) is 5.91 Å². The minimum absolute atomic E-state index is 0.127. The number of piperidine rings is 1. The van der Waals surface area contributed by atoms with Crippen LogP contribution in [0.5, 0.6) is 5.75 Å². The van der Waals surface area contributed by atoms with Gasteiger partial charge in [0.05, 0.1) is 32.3 Å². The van der Waals surface area contributed by atoms with E-state index in [4.69, 9.17) is 14.3 Å². The summed E-state index contributed by atoms with van der Waals surface area (Å²) in [4.78, 5) is 33.0. The molecule has 1 amide bonds. The second-order valence-corrected chi connectivity index (χ2v) is 8.01. The van der Waals surface area contributed by atoms with E-state index in [1.54, 1.807) is 7.11 Å². The van der Waals surface area contributed by atoms with Crippen LogP contribution in [0.1, 0.15) is 42.9 Å². The van der Waals surface area contributed by atoms with Gasteiger partial charge in [0.15, 0.2) is 0 Å². The van der Waals surface area contributed by atoms with Crippen molar-refractivity contribution >= 4 is 11.9 Å². The first kappa shape index (κ1) is 21.6. The third kappa shape index (κ3) is 3.98. The highest BCUT2D eigenvalue weighted by atomic mass is 16.7. The van der Waals surface area contributed by atoms with Crippen LogP contribution in [0, 0.1) is 19.8 Å². The number of nitrogens with zero attached hydrogens (tertiary/aromatic N) is 2. The molecule has 7 nitrogen and oxygen atoms in total. The van der Waals surface area contributed by atoms with Gasteiger partial charge in [-0.2, -0.15) is 0 Å². The van der Waals surface area contributed by atoms with Gasteiger partial charge in [-0.3, -0.25) is 19.3 Å². The predicted octanol–water partition coefficient (Wildman–Crippen LogP) is 2.62. The predicted molar refractivity (Wildman–Crippen MR) is 108 cm³/mol. The highest BCUT2D eigenvalue weighted by Gasteiger charge is 2.58. The summed E-state index contributed by atoms with van der Waals surface area (Å²) in [6.07, 6.45) is 1.53. The molecule has 7 heteroatoms. The number of hydrogen-bond acceptors (Lipinski definition) is 6. The summed E-state index contributed by atoms with van der Waals surface area (Å²) in [5.41, 5.74) is 2.98. The number of aryl methyl sites for hydroxylation is 2. The van der Waals surface area contributed by atoms with Crippen LogP contribution in [-0.4, -0.2) is 61.3 Å². The zero-order chi connectivity index (χ0) is 21.2. The molecule has 29 heavy (non-hydrogen) atoms. The number of rotatable bonds is 6. The lowest BCUT2D eigenvalue weighted by Crippen LogP contribution is -2.57. The zero-order valence-electron chi connectivity index (χ0n) is 18.1. The number of hydrogen-bond donors (Lipinski definition) is 0. The Hall–Kier alpha value is -2.12. The maximum Gasteiger partial charge on any atom is 0.311 e. The van der Waals surface area contributed by atoms with Crippen LogP contribution < -0.4 is 4.74 Å². The lowest BCUT2D eigenvalue weighted by Gasteiger charge is -2.45. The summed E-state index contributed by atoms with van der Waals surface area (Å²) in [6.45, 7) is 8.81. The fourth-order valence-electron chi connectivity index (χ4n) is 4.74. The van der Waals surface area contributed by atoms with E-state index in [0.717, 1.165) is 30.9 Å². The Morgan fingerprint density at radius 3 is 2.45 bits per heavy atom. The molecule has 0 bridgehead atoms. The minimum atomic E-state index is -0.610. The van der Waals surface area contributed by atoms with Crippen molar-refractivity contribution in [2.75, 3.05) is 33.9 Å². The molecule has 1 spiro atoms. The van der Waals surface area contributed by atoms with E-state index < -0.39 is 11.5 Å². The average Bonchev–Trinajstić information content (AvgIpc) is 2.98. The number of ether oxygens (including phenoxy) is 2. The zero-order valence-corrected chi connectivity index (χ0v) is 18.1. The molecule has 2 aliphatic rings. The van der Waals surface area contributed by atoms with Crippen molar-refractivity contribution in [3.8, 4) is 5.75 Å². The SMILES string of the molecule is CCON1C(=O)CC(C(=O)OC)C12CCN(Cc1cc(C)c(OC)cc1C)CC2. The van der Waals surface area contributed by atoms with Crippen molar-refractivity contribution in [3.05, 3.63) is 28.8 Å². The fraction of sp³-hybridized carbons (Fsp3) is 0.636. The van der Waals surface area contributed by atoms with Gasteiger partial charge < -0.3 is 9.47 Å². The van der Waals surface area contributed by atoms with Crippen molar-refractivity contribution in [2.24, 2.45) is 5.92 Å². The summed E-state index contributed by atoms with van der Waals surface area (Å²) < 4.78 is 10.4. The van der Waals surface area contributed by atoms with Crippen LogP contribution in [0.2, 0.25) is 0 Å². The summed E-state index contributed by atoms with van der Waals surface area (Å²) in [5.74, 6) is -0.0202. The number of methoxy groups -OCH3 is 2. The quantitative estimate of drug-likeness (QED) is 0.679. The molecule has 1 aromatic carbocycles. The number of amides is 1. The molecule has 0 radical (unpaired) electrons. The van der Waals surface area contributed by atoms with Crippen molar-refractivity contribution < 1.29 is 23.9 Å². The molecular formula is C22H32N2O5. The van der Waals surface area contributed by atoms with E-state index in [-0.39, 0.29) is 18.3 Å². The number of carbonyl (C=O) groups is 2. The molecule has 3 rings (SSSR count). The number of esters is 1. The topological polar surface area (TPSA) is 68.3 Å². The Bertz CT molecular complexity index is 771. The third-order valence-corrected chi connectivity index (χ3v) is 6.37. The molecule has 0 N–H and O–H groups in total. The second kappa shape index (κ2) is 8.71. The lowest BCUT2D eigenvalue weighted by atomic mass is 9.77. The van der Waals surface area contributed by atoms with Crippen molar-refractivity contribution in [3.63, 3.8) is 0 Å². The Morgan fingerprint density at radius 2 is 1.86 bits per heavy atom.